The molecule has 0 aliphatic heterocycles. The van der Waals surface area contributed by atoms with E-state index >= 15 is 0 Å². The summed E-state index contributed by atoms with van der Waals surface area (Å²) >= 11 is 0. The van der Waals surface area contributed by atoms with Crippen LogP contribution in [0.5, 0.6) is 0 Å². The van der Waals surface area contributed by atoms with Gasteiger partial charge >= 0.3 is 0 Å². The molecule has 0 bridgehead atoms. The molecule has 0 fully saturated rings. The molecule has 2 nitrogen and oxygen atoms in total. The minimum Gasteiger partial charge on any atom is -0.456 e. The summed E-state index contributed by atoms with van der Waals surface area (Å²) in [6.45, 7) is 0. The zero-order valence-corrected chi connectivity index (χ0v) is 27.9. The molecule has 1 heterocycles. The van der Waals surface area contributed by atoms with E-state index in [-0.39, 0.29) is 64.8 Å². The molecule has 0 saturated carbocycles. The minimum absolute atomic E-state index is 0.0224. The third kappa shape index (κ3) is 5.12. The fourth-order valence-corrected chi connectivity index (χ4v) is 7.22. The number of nitrogens with zero attached hydrogens (tertiary/aromatic N) is 1. The molecule has 10 rings (SSSR count). The SMILES string of the molecule is [2H]c1cc(N(c2ccccc2-c2cccc3oc4cc5ccccc5cc4c23)c2c([2H])c([2H])c(-c3ccccc3)c([2H])c2[2H])c([2H])c([2H])c1-c1cccc2ccccc12. The van der Waals surface area contributed by atoms with Gasteiger partial charge in [-0.05, 0) is 97.8 Å². The van der Waals surface area contributed by atoms with Crippen LogP contribution in [0.4, 0.5) is 17.1 Å². The van der Waals surface area contributed by atoms with Gasteiger partial charge in [0.15, 0.2) is 0 Å². The van der Waals surface area contributed by atoms with E-state index in [4.69, 9.17) is 4.42 Å². The predicted octanol–water partition coefficient (Wildman–Crippen LogP) is 14.4. The highest BCUT2D eigenvalue weighted by atomic mass is 16.3. The number of para-hydroxylation sites is 1. The van der Waals surface area contributed by atoms with Crippen molar-refractivity contribution in [2.45, 2.75) is 0 Å². The molecule has 52 heavy (non-hydrogen) atoms. The fraction of sp³-hybridized carbons (Fsp3) is 0. The Labute approximate surface area is 312 Å². The zero-order valence-electron chi connectivity index (χ0n) is 34.9. The Morgan fingerprint density at radius 1 is 0.385 bits per heavy atom. The van der Waals surface area contributed by atoms with Crippen molar-refractivity contribution in [1.29, 1.82) is 0 Å². The predicted molar refractivity (Wildman–Crippen MR) is 220 cm³/mol. The van der Waals surface area contributed by atoms with E-state index in [1.165, 1.54) is 11.0 Å². The molecule has 0 aliphatic carbocycles. The Morgan fingerprint density at radius 3 is 1.88 bits per heavy atom. The van der Waals surface area contributed by atoms with Gasteiger partial charge < -0.3 is 9.32 Å². The summed E-state index contributed by atoms with van der Waals surface area (Å²) < 4.78 is 72.8. The lowest BCUT2D eigenvalue weighted by molar-refractivity contribution is 0.669. The number of benzene rings is 9. The summed E-state index contributed by atoms with van der Waals surface area (Å²) in [4.78, 5) is 1.53. The Hall–Kier alpha value is -6.90. The van der Waals surface area contributed by atoms with Crippen LogP contribution in [-0.2, 0) is 0 Å². The summed E-state index contributed by atoms with van der Waals surface area (Å²) in [5.74, 6) is 0. The molecule has 10 aromatic rings. The third-order valence-corrected chi connectivity index (χ3v) is 9.67. The van der Waals surface area contributed by atoms with Crippen molar-refractivity contribution in [1.82, 2.24) is 0 Å². The van der Waals surface area contributed by atoms with Gasteiger partial charge in [-0.15, -0.1) is 0 Å². The van der Waals surface area contributed by atoms with Gasteiger partial charge in [0.2, 0.25) is 0 Å². The van der Waals surface area contributed by atoms with E-state index in [1.54, 1.807) is 24.3 Å². The van der Waals surface area contributed by atoms with Crippen LogP contribution in [0.2, 0.25) is 0 Å². The first-order chi connectivity index (χ1) is 28.7. The Balaban J connectivity index is 1.28. The van der Waals surface area contributed by atoms with Crippen LogP contribution in [0.1, 0.15) is 9.60 Å². The molecule has 1 aromatic heterocycles. The second-order valence-electron chi connectivity index (χ2n) is 12.7. The highest BCUT2D eigenvalue weighted by Gasteiger charge is 2.21. The lowest BCUT2D eigenvalue weighted by Gasteiger charge is -2.28. The monoisotopic (exact) mass is 670 g/mol. The van der Waals surface area contributed by atoms with Gasteiger partial charge in [-0.2, -0.15) is 0 Å². The number of hydrogen-bond donors (Lipinski definition) is 0. The van der Waals surface area contributed by atoms with Gasteiger partial charge in [-0.3, -0.25) is 0 Å². The first-order valence-electron chi connectivity index (χ1n) is 20.7. The summed E-state index contributed by atoms with van der Waals surface area (Å²) in [5.41, 5.74) is 4.84. The van der Waals surface area contributed by atoms with Crippen molar-refractivity contribution in [3.8, 4) is 33.4 Å². The molecule has 0 N–H and O–H groups in total. The minimum atomic E-state index is -0.325. The average molecular weight is 671 g/mol. The van der Waals surface area contributed by atoms with Gasteiger partial charge in [0.25, 0.3) is 0 Å². The van der Waals surface area contributed by atoms with Gasteiger partial charge in [-0.25, -0.2) is 0 Å². The highest BCUT2D eigenvalue weighted by molar-refractivity contribution is 6.16. The molecule has 0 radical (unpaired) electrons. The quantitative estimate of drug-likeness (QED) is 0.175. The Bertz CT molecular complexity index is 3290. The first kappa shape index (κ1) is 23.5. The van der Waals surface area contributed by atoms with E-state index < -0.39 is 0 Å². The van der Waals surface area contributed by atoms with Gasteiger partial charge in [-0.1, -0.05) is 152 Å². The maximum absolute atomic E-state index is 9.67. The number of hydrogen-bond acceptors (Lipinski definition) is 2. The van der Waals surface area contributed by atoms with E-state index in [0.29, 0.717) is 33.5 Å². The third-order valence-electron chi connectivity index (χ3n) is 9.67. The molecule has 0 unspecified atom stereocenters. The molecule has 0 spiro atoms. The summed E-state index contributed by atoms with van der Waals surface area (Å²) in [7, 11) is 0. The van der Waals surface area contributed by atoms with Crippen molar-refractivity contribution in [3.63, 3.8) is 0 Å². The highest BCUT2D eigenvalue weighted by Crippen LogP contribution is 2.45. The fourth-order valence-electron chi connectivity index (χ4n) is 7.22. The van der Waals surface area contributed by atoms with E-state index in [1.807, 2.05) is 115 Å². The van der Waals surface area contributed by atoms with E-state index in [9.17, 15) is 9.60 Å². The molecule has 0 aliphatic rings. The molecular formula is C50H33NO. The van der Waals surface area contributed by atoms with E-state index in [2.05, 4.69) is 12.1 Å². The molecule has 244 valence electrons. The van der Waals surface area contributed by atoms with Crippen LogP contribution in [0, 0.1) is 0 Å². The van der Waals surface area contributed by atoms with Crippen LogP contribution in [0.25, 0.3) is 76.9 Å². The summed E-state index contributed by atoms with van der Waals surface area (Å²) in [6, 6.07) is 47.7. The van der Waals surface area contributed by atoms with Crippen molar-refractivity contribution >= 4 is 60.5 Å². The lowest BCUT2D eigenvalue weighted by atomic mass is 9.95. The van der Waals surface area contributed by atoms with Gasteiger partial charge in [0, 0.05) is 27.7 Å². The molecular weight excluding hydrogens is 631 g/mol. The van der Waals surface area contributed by atoms with Crippen molar-refractivity contribution in [3.05, 3.63) is 200 Å². The van der Waals surface area contributed by atoms with Gasteiger partial charge in [0.1, 0.15) is 11.2 Å². The maximum Gasteiger partial charge on any atom is 0.136 e. The van der Waals surface area contributed by atoms with Crippen LogP contribution < -0.4 is 4.90 Å². The van der Waals surface area contributed by atoms with E-state index in [0.717, 1.165) is 37.9 Å². The summed E-state index contributed by atoms with van der Waals surface area (Å²) in [5, 5.41) is 5.61. The normalized spacial score (nSPS) is 13.3. The maximum atomic E-state index is 9.67. The molecule has 9 aromatic carbocycles. The number of anilines is 3. The van der Waals surface area contributed by atoms with Gasteiger partial charge in [0.05, 0.1) is 15.3 Å². The molecule has 0 atom stereocenters. The van der Waals surface area contributed by atoms with Crippen molar-refractivity contribution in [2.24, 2.45) is 0 Å². The zero-order chi connectivity index (χ0) is 40.5. The number of furan rings is 1. The van der Waals surface area contributed by atoms with Crippen molar-refractivity contribution in [2.75, 3.05) is 4.90 Å². The smallest absolute Gasteiger partial charge is 0.136 e. The van der Waals surface area contributed by atoms with Crippen LogP contribution in [0.15, 0.2) is 204 Å². The topological polar surface area (TPSA) is 16.4 Å². The Kier molecular flexibility index (Phi) is 5.63. The van der Waals surface area contributed by atoms with Crippen molar-refractivity contribution < 1.29 is 14.0 Å². The largest absolute Gasteiger partial charge is 0.456 e. The molecule has 2 heteroatoms. The molecule has 0 saturated heterocycles. The van der Waals surface area contributed by atoms with Crippen LogP contribution in [0.3, 0.4) is 0 Å². The second-order valence-corrected chi connectivity index (χ2v) is 12.7. The lowest BCUT2D eigenvalue weighted by Crippen LogP contribution is -2.11. The molecule has 0 amide bonds. The van der Waals surface area contributed by atoms with Crippen LogP contribution >= 0.6 is 0 Å². The first-order valence-corrected chi connectivity index (χ1v) is 17.2. The number of rotatable bonds is 6. The standard InChI is InChI=1S/C50H33NO/c1-2-12-34(13-3-1)35-24-28-40(29-25-35)51(41-30-26-37(27-31-41)43-20-10-17-36-14-6-7-18-42(36)43)47-22-9-8-19-44(47)45-21-11-23-48-50(45)46-32-38-15-4-5-16-39(38)33-49(46)52-48/h1-33H/i24D,25D,26D,27D,28D,29D,30D. The Morgan fingerprint density at radius 2 is 1.02 bits per heavy atom. The average Bonchev–Trinajstić information content (AvgIpc) is 3.63. The van der Waals surface area contributed by atoms with Crippen LogP contribution in [-0.4, -0.2) is 0 Å². The summed E-state index contributed by atoms with van der Waals surface area (Å²) in [6.07, 6.45) is 0. The number of fused-ring (bicyclic) bond motifs is 5. The second kappa shape index (κ2) is 12.5.